The van der Waals surface area contributed by atoms with Crippen molar-refractivity contribution in [3.63, 3.8) is 0 Å². The maximum atomic E-state index is 12.6. The second-order valence-corrected chi connectivity index (χ2v) is 6.37. The first-order chi connectivity index (χ1) is 10.6. The number of hydrogen-bond acceptors (Lipinski definition) is 4. The van der Waals surface area contributed by atoms with Gasteiger partial charge < -0.3 is 0 Å². The molecule has 0 aliphatic rings. The Balaban J connectivity index is 2.33. The molecule has 0 saturated heterocycles. The molecular weight excluding hydrogens is 320 g/mol. The molecule has 0 aliphatic carbocycles. The summed E-state index contributed by atoms with van der Waals surface area (Å²) in [7, 11) is 0. The summed E-state index contributed by atoms with van der Waals surface area (Å²) in [6.07, 6.45) is 0.849. The van der Waals surface area contributed by atoms with E-state index in [9.17, 15) is 4.79 Å². The molecule has 0 aliphatic heterocycles. The first-order valence-corrected chi connectivity index (χ1v) is 8.32. The Morgan fingerprint density at radius 1 is 1.36 bits per heavy atom. The van der Waals surface area contributed by atoms with E-state index in [4.69, 9.17) is 11.6 Å². The lowest BCUT2D eigenvalue weighted by molar-refractivity contribution is 0.662. The zero-order valence-corrected chi connectivity index (χ0v) is 13.7. The summed E-state index contributed by atoms with van der Waals surface area (Å²) in [6, 6.07) is 7.51. The number of thioether (sulfide) groups is 1. The SMILES string of the molecule is C=C(Cl)CSc1nnc2n(CCC)c(=O)c3ccccc3n12. The zero-order chi connectivity index (χ0) is 15.7. The van der Waals surface area contributed by atoms with Gasteiger partial charge in [-0.3, -0.25) is 13.8 Å². The van der Waals surface area contributed by atoms with Crippen LogP contribution in [0.5, 0.6) is 0 Å². The fraction of sp³-hybridized carbons (Fsp3) is 0.267. The van der Waals surface area contributed by atoms with Gasteiger partial charge in [-0.05, 0) is 18.6 Å². The smallest absolute Gasteiger partial charge is 0.262 e. The van der Waals surface area contributed by atoms with Crippen LogP contribution < -0.4 is 5.56 Å². The van der Waals surface area contributed by atoms with Gasteiger partial charge in [0.1, 0.15) is 0 Å². The summed E-state index contributed by atoms with van der Waals surface area (Å²) >= 11 is 7.30. The molecule has 2 aromatic heterocycles. The summed E-state index contributed by atoms with van der Waals surface area (Å²) in [6.45, 7) is 6.33. The molecule has 0 atom stereocenters. The maximum absolute atomic E-state index is 12.6. The topological polar surface area (TPSA) is 52.2 Å². The minimum Gasteiger partial charge on any atom is -0.276 e. The molecular formula is C15H15ClN4OS. The largest absolute Gasteiger partial charge is 0.276 e. The van der Waals surface area contributed by atoms with Crippen LogP contribution in [0.1, 0.15) is 13.3 Å². The molecule has 0 saturated carbocycles. The van der Waals surface area contributed by atoms with E-state index >= 15 is 0 Å². The molecule has 2 heterocycles. The fourth-order valence-electron chi connectivity index (χ4n) is 2.40. The van der Waals surface area contributed by atoms with Crippen LogP contribution in [-0.4, -0.2) is 24.9 Å². The van der Waals surface area contributed by atoms with Gasteiger partial charge in [0.05, 0.1) is 10.9 Å². The van der Waals surface area contributed by atoms with E-state index in [1.165, 1.54) is 11.8 Å². The molecule has 3 aromatic rings. The van der Waals surface area contributed by atoms with Crippen molar-refractivity contribution in [2.75, 3.05) is 5.75 Å². The van der Waals surface area contributed by atoms with Crippen molar-refractivity contribution in [1.29, 1.82) is 0 Å². The third-order valence-electron chi connectivity index (χ3n) is 3.28. The number of nitrogens with zero attached hydrogens (tertiary/aromatic N) is 4. The highest BCUT2D eigenvalue weighted by atomic mass is 35.5. The Morgan fingerprint density at radius 3 is 2.86 bits per heavy atom. The van der Waals surface area contributed by atoms with Crippen LogP contribution >= 0.6 is 23.4 Å². The van der Waals surface area contributed by atoms with Crippen molar-refractivity contribution in [3.8, 4) is 0 Å². The van der Waals surface area contributed by atoms with Crippen LogP contribution in [0.4, 0.5) is 0 Å². The van der Waals surface area contributed by atoms with Crippen molar-refractivity contribution in [2.24, 2.45) is 0 Å². The third-order valence-corrected chi connectivity index (χ3v) is 4.59. The van der Waals surface area contributed by atoms with Crippen LogP contribution in [0.15, 0.2) is 45.8 Å². The molecule has 3 rings (SSSR count). The minimum absolute atomic E-state index is 0.0318. The lowest BCUT2D eigenvalue weighted by Crippen LogP contribution is -2.23. The highest BCUT2D eigenvalue weighted by Crippen LogP contribution is 2.23. The van der Waals surface area contributed by atoms with Crippen molar-refractivity contribution in [2.45, 2.75) is 25.0 Å². The normalized spacial score (nSPS) is 11.4. The molecule has 1 aromatic carbocycles. The molecule has 114 valence electrons. The lowest BCUT2D eigenvalue weighted by Gasteiger charge is -2.10. The van der Waals surface area contributed by atoms with E-state index in [0.717, 1.165) is 11.9 Å². The van der Waals surface area contributed by atoms with E-state index in [1.807, 2.05) is 35.6 Å². The summed E-state index contributed by atoms with van der Waals surface area (Å²) in [5.74, 6) is 1.11. The molecule has 7 heteroatoms. The lowest BCUT2D eigenvalue weighted by atomic mass is 10.2. The fourth-order valence-corrected chi connectivity index (χ4v) is 3.25. The summed E-state index contributed by atoms with van der Waals surface area (Å²) in [5.41, 5.74) is 0.776. The maximum Gasteiger partial charge on any atom is 0.262 e. The van der Waals surface area contributed by atoms with E-state index in [2.05, 4.69) is 16.8 Å². The second-order valence-electron chi connectivity index (χ2n) is 4.90. The van der Waals surface area contributed by atoms with Gasteiger partial charge in [0.25, 0.3) is 5.56 Å². The molecule has 22 heavy (non-hydrogen) atoms. The van der Waals surface area contributed by atoms with Crippen molar-refractivity contribution < 1.29 is 0 Å². The van der Waals surface area contributed by atoms with Gasteiger partial charge in [0.15, 0.2) is 5.16 Å². The van der Waals surface area contributed by atoms with E-state index in [-0.39, 0.29) is 5.56 Å². The summed E-state index contributed by atoms with van der Waals surface area (Å²) < 4.78 is 3.59. The Labute approximate surface area is 136 Å². The standard InChI is InChI=1S/C15H15ClN4OS/c1-3-8-19-13(21)11-6-4-5-7-12(11)20-14(19)17-18-15(20)22-9-10(2)16/h4-7H,2-3,8-9H2,1H3. The predicted octanol–water partition coefficient (Wildman–Crippen LogP) is 3.30. The van der Waals surface area contributed by atoms with Crippen molar-refractivity contribution >= 4 is 40.0 Å². The number of aromatic nitrogens is 4. The van der Waals surface area contributed by atoms with Crippen molar-refractivity contribution in [3.05, 3.63) is 46.2 Å². The Morgan fingerprint density at radius 2 is 2.14 bits per heavy atom. The van der Waals surface area contributed by atoms with E-state index in [0.29, 0.717) is 33.7 Å². The highest BCUT2D eigenvalue weighted by molar-refractivity contribution is 7.99. The predicted molar refractivity (Wildman–Crippen MR) is 90.8 cm³/mol. The van der Waals surface area contributed by atoms with Gasteiger partial charge in [0.2, 0.25) is 5.78 Å². The molecule has 0 bridgehead atoms. The Kier molecular flexibility index (Phi) is 4.22. The zero-order valence-electron chi connectivity index (χ0n) is 12.1. The van der Waals surface area contributed by atoms with Crippen molar-refractivity contribution in [1.82, 2.24) is 19.2 Å². The number of rotatable bonds is 5. The number of hydrogen-bond donors (Lipinski definition) is 0. The number of halogens is 1. The first-order valence-electron chi connectivity index (χ1n) is 6.96. The van der Waals surface area contributed by atoms with Gasteiger partial charge in [0, 0.05) is 17.3 Å². The second kappa shape index (κ2) is 6.14. The molecule has 5 nitrogen and oxygen atoms in total. The van der Waals surface area contributed by atoms with Gasteiger partial charge in [-0.25, -0.2) is 0 Å². The van der Waals surface area contributed by atoms with E-state index < -0.39 is 0 Å². The molecule has 0 unspecified atom stereocenters. The number of para-hydroxylation sites is 1. The summed E-state index contributed by atoms with van der Waals surface area (Å²) in [5, 5.41) is 10.3. The quantitative estimate of drug-likeness (QED) is 0.672. The highest BCUT2D eigenvalue weighted by Gasteiger charge is 2.16. The Bertz CT molecular complexity index is 915. The first kappa shape index (κ1) is 15.1. The Hall–Kier alpha value is -1.79. The van der Waals surface area contributed by atoms with Gasteiger partial charge in [-0.2, -0.15) is 0 Å². The number of fused-ring (bicyclic) bond motifs is 3. The van der Waals surface area contributed by atoms with Gasteiger partial charge >= 0.3 is 0 Å². The van der Waals surface area contributed by atoms with Crippen LogP contribution in [0.3, 0.4) is 0 Å². The molecule has 0 amide bonds. The van der Waals surface area contributed by atoms with Crippen LogP contribution in [0, 0.1) is 0 Å². The van der Waals surface area contributed by atoms with Crippen LogP contribution in [0.25, 0.3) is 16.7 Å². The molecule has 0 N–H and O–H groups in total. The van der Waals surface area contributed by atoms with Crippen LogP contribution in [0.2, 0.25) is 0 Å². The number of benzene rings is 1. The van der Waals surface area contributed by atoms with Crippen LogP contribution in [-0.2, 0) is 6.54 Å². The molecule has 0 spiro atoms. The average Bonchev–Trinajstić information content (AvgIpc) is 2.93. The monoisotopic (exact) mass is 334 g/mol. The summed E-state index contributed by atoms with van der Waals surface area (Å²) in [4.78, 5) is 12.6. The van der Waals surface area contributed by atoms with Gasteiger partial charge in [-0.15, -0.1) is 10.2 Å². The number of aryl methyl sites for hydroxylation is 1. The van der Waals surface area contributed by atoms with E-state index in [1.54, 1.807) is 4.57 Å². The average molecular weight is 335 g/mol. The molecule has 0 radical (unpaired) electrons. The third kappa shape index (κ3) is 2.53. The minimum atomic E-state index is -0.0318. The van der Waals surface area contributed by atoms with Gasteiger partial charge in [-0.1, -0.05) is 49.0 Å². The molecule has 0 fully saturated rings.